The molecule has 0 N–H and O–H groups in total. The Bertz CT molecular complexity index is 714. The summed E-state index contributed by atoms with van der Waals surface area (Å²) in [5, 5.41) is 0. The van der Waals surface area contributed by atoms with E-state index >= 15 is 0 Å². The second kappa shape index (κ2) is 7.63. The summed E-state index contributed by atoms with van der Waals surface area (Å²) in [4.78, 5) is 17.2. The molecule has 2 saturated heterocycles. The Labute approximate surface area is 153 Å². The Kier molecular flexibility index (Phi) is 5.08. The molecule has 2 aliphatic heterocycles. The predicted molar refractivity (Wildman–Crippen MR) is 96.2 cm³/mol. The molecule has 1 spiro atoms. The van der Waals surface area contributed by atoms with Gasteiger partial charge in [-0.1, -0.05) is 6.07 Å². The maximum atomic E-state index is 13.2. The van der Waals surface area contributed by atoms with Gasteiger partial charge in [-0.2, -0.15) is 0 Å². The fourth-order valence-corrected chi connectivity index (χ4v) is 4.07. The molecule has 0 saturated carbocycles. The molecule has 4 heterocycles. The van der Waals surface area contributed by atoms with Crippen LogP contribution in [0.25, 0.3) is 0 Å². The summed E-state index contributed by atoms with van der Waals surface area (Å²) in [5.41, 5.74) is 1.28. The average molecular weight is 357 g/mol. The third-order valence-electron chi connectivity index (χ3n) is 5.20. The number of hydrogen-bond acceptors (Lipinski definition) is 6. The minimum Gasteiger partial charge on any atom is -0.379 e. The molecular formula is C19H24FN5O. The smallest absolute Gasteiger partial charge is 0.225 e. The molecule has 26 heavy (non-hydrogen) atoms. The number of ether oxygens (including phenoxy) is 1. The fourth-order valence-electron chi connectivity index (χ4n) is 4.07. The zero-order chi connectivity index (χ0) is 17.8. The van der Waals surface area contributed by atoms with Gasteiger partial charge in [-0.05, 0) is 31.0 Å². The van der Waals surface area contributed by atoms with Crippen molar-refractivity contribution in [2.45, 2.75) is 19.4 Å². The van der Waals surface area contributed by atoms with E-state index in [4.69, 9.17) is 4.74 Å². The van der Waals surface area contributed by atoms with Crippen molar-refractivity contribution >= 4 is 5.95 Å². The minimum absolute atomic E-state index is 0.0503. The molecule has 0 bridgehead atoms. The first kappa shape index (κ1) is 17.3. The van der Waals surface area contributed by atoms with Crippen molar-refractivity contribution < 1.29 is 9.13 Å². The van der Waals surface area contributed by atoms with Crippen molar-refractivity contribution in [2.24, 2.45) is 5.41 Å². The van der Waals surface area contributed by atoms with Crippen LogP contribution in [-0.2, 0) is 11.3 Å². The van der Waals surface area contributed by atoms with Crippen LogP contribution in [0.4, 0.5) is 10.3 Å². The van der Waals surface area contributed by atoms with E-state index in [-0.39, 0.29) is 5.41 Å². The van der Waals surface area contributed by atoms with Crippen molar-refractivity contribution in [1.82, 2.24) is 19.9 Å². The van der Waals surface area contributed by atoms with Gasteiger partial charge in [0, 0.05) is 44.0 Å². The third kappa shape index (κ3) is 3.99. The lowest BCUT2D eigenvalue weighted by atomic mass is 9.80. The number of aromatic nitrogens is 3. The number of halogens is 1. The summed E-state index contributed by atoms with van der Waals surface area (Å²) in [7, 11) is 0. The second-order valence-electron chi connectivity index (χ2n) is 7.35. The van der Waals surface area contributed by atoms with Crippen LogP contribution >= 0.6 is 0 Å². The van der Waals surface area contributed by atoms with Crippen molar-refractivity contribution in [1.29, 1.82) is 0 Å². The van der Waals surface area contributed by atoms with Gasteiger partial charge in [0.25, 0.3) is 0 Å². The van der Waals surface area contributed by atoms with Crippen LogP contribution in [0, 0.1) is 11.2 Å². The Hall–Kier alpha value is -2.12. The van der Waals surface area contributed by atoms with E-state index in [1.807, 2.05) is 12.3 Å². The number of nitrogens with zero attached hydrogens (tertiary/aromatic N) is 5. The highest BCUT2D eigenvalue weighted by atomic mass is 19.1. The monoisotopic (exact) mass is 357 g/mol. The third-order valence-corrected chi connectivity index (χ3v) is 5.20. The molecule has 0 radical (unpaired) electrons. The Morgan fingerprint density at radius 1 is 1.15 bits per heavy atom. The number of likely N-dealkylation sites (tertiary alicyclic amines) is 1. The van der Waals surface area contributed by atoms with Crippen LogP contribution in [0.15, 0.2) is 36.9 Å². The van der Waals surface area contributed by atoms with Gasteiger partial charge < -0.3 is 9.64 Å². The molecule has 1 atom stereocenters. The van der Waals surface area contributed by atoms with Gasteiger partial charge in [-0.15, -0.1) is 0 Å². The van der Waals surface area contributed by atoms with Crippen molar-refractivity contribution in [3.05, 3.63) is 48.3 Å². The van der Waals surface area contributed by atoms with E-state index in [1.54, 1.807) is 6.20 Å². The molecule has 2 aromatic heterocycles. The molecule has 7 heteroatoms. The molecule has 4 rings (SSSR count). The lowest BCUT2D eigenvalue weighted by Gasteiger charge is -2.43. The van der Waals surface area contributed by atoms with Crippen LogP contribution in [0.5, 0.6) is 0 Å². The quantitative estimate of drug-likeness (QED) is 0.839. The van der Waals surface area contributed by atoms with Gasteiger partial charge in [0.1, 0.15) is 0 Å². The van der Waals surface area contributed by atoms with Crippen molar-refractivity contribution in [3.8, 4) is 0 Å². The highest BCUT2D eigenvalue weighted by Crippen LogP contribution is 2.34. The average Bonchev–Trinajstić information content (AvgIpc) is 2.86. The first-order valence-corrected chi connectivity index (χ1v) is 9.14. The lowest BCUT2D eigenvalue weighted by molar-refractivity contribution is 0.0106. The van der Waals surface area contributed by atoms with Crippen molar-refractivity contribution in [2.75, 3.05) is 44.3 Å². The zero-order valence-corrected chi connectivity index (χ0v) is 14.9. The molecule has 1 unspecified atom stereocenters. The number of anilines is 1. The second-order valence-corrected chi connectivity index (χ2v) is 7.35. The van der Waals surface area contributed by atoms with Crippen LogP contribution in [-0.4, -0.2) is 59.2 Å². The summed E-state index contributed by atoms with van der Waals surface area (Å²) in [6.45, 7) is 5.92. The molecular weight excluding hydrogens is 333 g/mol. The van der Waals surface area contributed by atoms with E-state index in [1.165, 1.54) is 18.0 Å². The SMILES string of the molecule is Fc1cnc(N2CCOCC3(CCCN(Cc4cccnc4)C3)C2)nc1. The van der Waals surface area contributed by atoms with Gasteiger partial charge >= 0.3 is 0 Å². The van der Waals surface area contributed by atoms with E-state index in [0.29, 0.717) is 12.6 Å². The van der Waals surface area contributed by atoms with E-state index in [9.17, 15) is 4.39 Å². The van der Waals surface area contributed by atoms with E-state index < -0.39 is 5.82 Å². The lowest BCUT2D eigenvalue weighted by Crippen LogP contribution is -2.50. The summed E-state index contributed by atoms with van der Waals surface area (Å²) >= 11 is 0. The van der Waals surface area contributed by atoms with E-state index in [2.05, 4.69) is 30.8 Å². The molecule has 138 valence electrons. The Morgan fingerprint density at radius 2 is 2.04 bits per heavy atom. The Balaban J connectivity index is 1.49. The highest BCUT2D eigenvalue weighted by molar-refractivity contribution is 5.30. The minimum atomic E-state index is -0.408. The van der Waals surface area contributed by atoms with E-state index in [0.717, 1.165) is 52.2 Å². The molecule has 6 nitrogen and oxygen atoms in total. The molecule has 2 aromatic rings. The Morgan fingerprint density at radius 3 is 2.85 bits per heavy atom. The van der Waals surface area contributed by atoms with Crippen LogP contribution in [0.1, 0.15) is 18.4 Å². The maximum absolute atomic E-state index is 13.2. The topological polar surface area (TPSA) is 54.4 Å². The van der Waals surface area contributed by atoms with Gasteiger partial charge in [0.2, 0.25) is 5.95 Å². The summed E-state index contributed by atoms with van der Waals surface area (Å²) in [6.07, 6.45) is 8.47. The van der Waals surface area contributed by atoms with Gasteiger partial charge in [0.05, 0.1) is 25.6 Å². The van der Waals surface area contributed by atoms with Crippen LogP contribution in [0.3, 0.4) is 0 Å². The number of rotatable bonds is 3. The van der Waals surface area contributed by atoms with Crippen LogP contribution < -0.4 is 4.90 Å². The van der Waals surface area contributed by atoms with Gasteiger partial charge in [-0.25, -0.2) is 14.4 Å². The molecule has 2 aliphatic rings. The van der Waals surface area contributed by atoms with Crippen LogP contribution in [0.2, 0.25) is 0 Å². The largest absolute Gasteiger partial charge is 0.379 e. The standard InChI is InChI=1S/C19H24FN5O/c20-17-10-22-18(23-11-17)25-7-8-26-15-19(14-25)4-2-6-24(13-19)12-16-3-1-5-21-9-16/h1,3,5,9-11H,2,4,6-8,12-15H2. The fraction of sp³-hybridized carbons (Fsp3) is 0.526. The number of pyridine rings is 1. The highest BCUT2D eigenvalue weighted by Gasteiger charge is 2.39. The number of hydrogen-bond donors (Lipinski definition) is 0. The molecule has 0 aromatic carbocycles. The summed E-state index contributed by atoms with van der Waals surface area (Å²) in [5.74, 6) is 0.176. The van der Waals surface area contributed by atoms with Gasteiger partial charge in [-0.3, -0.25) is 9.88 Å². The first-order valence-electron chi connectivity index (χ1n) is 9.14. The van der Waals surface area contributed by atoms with Gasteiger partial charge in [0.15, 0.2) is 5.82 Å². The normalized spacial score (nSPS) is 24.6. The van der Waals surface area contributed by atoms with Crippen molar-refractivity contribution in [3.63, 3.8) is 0 Å². The maximum Gasteiger partial charge on any atom is 0.225 e. The summed E-state index contributed by atoms with van der Waals surface area (Å²) in [6, 6.07) is 4.11. The predicted octanol–water partition coefficient (Wildman–Crippen LogP) is 2.13. The molecule has 0 amide bonds. The first-order chi connectivity index (χ1) is 12.7. The number of piperidine rings is 1. The summed E-state index contributed by atoms with van der Waals surface area (Å²) < 4.78 is 19.1. The zero-order valence-electron chi connectivity index (χ0n) is 14.9. The molecule has 0 aliphatic carbocycles. The molecule has 2 fully saturated rings.